The van der Waals surface area contributed by atoms with Crippen LogP contribution in [0.25, 0.3) is 0 Å². The molecule has 0 aliphatic rings. The van der Waals surface area contributed by atoms with Gasteiger partial charge in [-0.3, -0.25) is 9.89 Å². The fraction of sp³-hybridized carbons (Fsp3) is 0.231. The molecule has 1 amide bonds. The number of aromatic nitrogens is 2. The Labute approximate surface area is 110 Å². The van der Waals surface area contributed by atoms with Gasteiger partial charge in [0.25, 0.3) is 5.91 Å². The van der Waals surface area contributed by atoms with Gasteiger partial charge in [-0.2, -0.15) is 5.10 Å². The van der Waals surface area contributed by atoms with Gasteiger partial charge in [-0.05, 0) is 31.2 Å². The lowest BCUT2D eigenvalue weighted by atomic mass is 10.3. The molecule has 0 aliphatic carbocycles. The highest BCUT2D eigenvalue weighted by molar-refractivity contribution is 5.93. The number of benzene rings is 1. The quantitative estimate of drug-likeness (QED) is 0.860. The summed E-state index contributed by atoms with van der Waals surface area (Å²) in [5, 5.41) is 9.04. The summed E-state index contributed by atoms with van der Waals surface area (Å²) in [6.07, 6.45) is 2.51. The van der Waals surface area contributed by atoms with Gasteiger partial charge in [-0.15, -0.1) is 0 Å². The Morgan fingerprint density at radius 3 is 2.58 bits per heavy atom. The van der Waals surface area contributed by atoms with Crippen LogP contribution < -0.4 is 14.8 Å². The lowest BCUT2D eigenvalue weighted by Crippen LogP contribution is -2.29. The third-order valence-corrected chi connectivity index (χ3v) is 2.51. The molecule has 0 saturated carbocycles. The molecule has 2 N–H and O–H groups in total. The van der Waals surface area contributed by atoms with E-state index in [-0.39, 0.29) is 5.91 Å². The van der Waals surface area contributed by atoms with Crippen LogP contribution in [0.1, 0.15) is 6.92 Å². The van der Waals surface area contributed by atoms with Gasteiger partial charge in [0.1, 0.15) is 11.5 Å². The van der Waals surface area contributed by atoms with Gasteiger partial charge in [0.05, 0.1) is 19.0 Å². The fourth-order valence-corrected chi connectivity index (χ4v) is 1.48. The van der Waals surface area contributed by atoms with E-state index < -0.39 is 6.10 Å². The maximum absolute atomic E-state index is 11.8. The van der Waals surface area contributed by atoms with E-state index >= 15 is 0 Å². The molecule has 0 spiro atoms. The number of hydrogen-bond donors (Lipinski definition) is 2. The molecule has 0 saturated heterocycles. The molecule has 100 valence electrons. The smallest absolute Gasteiger partial charge is 0.265 e. The minimum absolute atomic E-state index is 0.239. The van der Waals surface area contributed by atoms with Gasteiger partial charge in [0.2, 0.25) is 0 Å². The van der Waals surface area contributed by atoms with Crippen molar-refractivity contribution < 1.29 is 14.3 Å². The Balaban J connectivity index is 1.92. The van der Waals surface area contributed by atoms with Crippen molar-refractivity contribution >= 4 is 11.6 Å². The van der Waals surface area contributed by atoms with Crippen LogP contribution >= 0.6 is 0 Å². The van der Waals surface area contributed by atoms with Crippen LogP contribution in [0.5, 0.6) is 11.5 Å². The zero-order valence-corrected chi connectivity index (χ0v) is 10.7. The molecule has 6 heteroatoms. The topological polar surface area (TPSA) is 76.2 Å². The molecule has 1 heterocycles. The number of amides is 1. The van der Waals surface area contributed by atoms with Crippen LogP contribution in [0.3, 0.4) is 0 Å². The third kappa shape index (κ3) is 3.48. The van der Waals surface area contributed by atoms with Crippen LogP contribution in [-0.4, -0.2) is 29.3 Å². The highest BCUT2D eigenvalue weighted by Crippen LogP contribution is 2.18. The minimum Gasteiger partial charge on any atom is -0.497 e. The van der Waals surface area contributed by atoms with E-state index in [4.69, 9.17) is 9.47 Å². The van der Waals surface area contributed by atoms with Crippen molar-refractivity contribution in [2.75, 3.05) is 12.4 Å². The normalized spacial score (nSPS) is 11.7. The first-order valence-electron chi connectivity index (χ1n) is 5.79. The van der Waals surface area contributed by atoms with Gasteiger partial charge >= 0.3 is 0 Å². The molecule has 2 rings (SSSR count). The molecule has 1 unspecified atom stereocenters. The number of nitrogens with zero attached hydrogens (tertiary/aromatic N) is 1. The largest absolute Gasteiger partial charge is 0.497 e. The van der Waals surface area contributed by atoms with Gasteiger partial charge in [0.15, 0.2) is 6.10 Å². The maximum atomic E-state index is 11.8. The number of aromatic amines is 1. The summed E-state index contributed by atoms with van der Waals surface area (Å²) < 4.78 is 10.6. The molecule has 1 aromatic carbocycles. The molecule has 0 bridgehead atoms. The molecule has 1 aromatic heterocycles. The zero-order chi connectivity index (χ0) is 13.7. The number of methoxy groups -OCH3 is 1. The molecular weight excluding hydrogens is 246 g/mol. The van der Waals surface area contributed by atoms with Crippen LogP contribution in [-0.2, 0) is 4.79 Å². The Morgan fingerprint density at radius 1 is 1.32 bits per heavy atom. The molecule has 1 atom stereocenters. The van der Waals surface area contributed by atoms with Gasteiger partial charge in [-0.1, -0.05) is 0 Å². The lowest BCUT2D eigenvalue weighted by molar-refractivity contribution is -0.122. The van der Waals surface area contributed by atoms with Crippen LogP contribution in [0, 0.1) is 0 Å². The number of ether oxygens (including phenoxy) is 2. The average molecular weight is 261 g/mol. The number of nitrogens with one attached hydrogen (secondary N) is 2. The second kappa shape index (κ2) is 5.90. The fourth-order valence-electron chi connectivity index (χ4n) is 1.48. The van der Waals surface area contributed by atoms with Crippen LogP contribution in [0.2, 0.25) is 0 Å². The summed E-state index contributed by atoms with van der Waals surface area (Å²) >= 11 is 0. The first kappa shape index (κ1) is 12.9. The first-order valence-corrected chi connectivity index (χ1v) is 5.79. The predicted octanol–water partition coefficient (Wildman–Crippen LogP) is 1.82. The maximum Gasteiger partial charge on any atom is 0.265 e. The summed E-state index contributed by atoms with van der Waals surface area (Å²) in [4.78, 5) is 11.8. The van der Waals surface area contributed by atoms with E-state index in [0.717, 1.165) is 5.75 Å². The summed E-state index contributed by atoms with van der Waals surface area (Å²) in [6, 6.07) is 7.05. The number of rotatable bonds is 5. The Bertz CT molecular complexity index is 523. The van der Waals surface area contributed by atoms with Crippen molar-refractivity contribution in [2.24, 2.45) is 0 Å². The average Bonchev–Trinajstić information content (AvgIpc) is 2.92. The predicted molar refractivity (Wildman–Crippen MR) is 70.3 cm³/mol. The number of carbonyl (C=O) groups is 1. The van der Waals surface area contributed by atoms with Gasteiger partial charge in [0, 0.05) is 6.20 Å². The second-order valence-electron chi connectivity index (χ2n) is 3.91. The van der Waals surface area contributed by atoms with Crippen molar-refractivity contribution in [2.45, 2.75) is 13.0 Å². The highest BCUT2D eigenvalue weighted by Gasteiger charge is 2.15. The molecule has 19 heavy (non-hydrogen) atoms. The van der Waals surface area contributed by atoms with E-state index in [0.29, 0.717) is 11.4 Å². The molecule has 0 aliphatic heterocycles. The van der Waals surface area contributed by atoms with E-state index in [2.05, 4.69) is 15.5 Å². The minimum atomic E-state index is -0.608. The summed E-state index contributed by atoms with van der Waals surface area (Å²) in [5.41, 5.74) is 0.607. The number of carbonyl (C=O) groups excluding carboxylic acids is 1. The molecule has 0 radical (unpaired) electrons. The summed E-state index contributed by atoms with van der Waals surface area (Å²) in [5.74, 6) is 1.11. The summed E-state index contributed by atoms with van der Waals surface area (Å²) in [7, 11) is 1.59. The SMILES string of the molecule is COc1ccc(OC(C)C(=O)Nc2cn[nH]c2)cc1. The standard InChI is InChI=1S/C13H15N3O3/c1-9(13(17)16-10-7-14-15-8-10)19-12-5-3-11(18-2)4-6-12/h3-9H,1-2H3,(H,14,15)(H,16,17). The van der Waals surface area contributed by atoms with E-state index in [1.807, 2.05) is 0 Å². The van der Waals surface area contributed by atoms with Crippen molar-refractivity contribution in [3.8, 4) is 11.5 Å². The van der Waals surface area contributed by atoms with E-state index in [1.54, 1.807) is 44.5 Å². The van der Waals surface area contributed by atoms with E-state index in [9.17, 15) is 4.79 Å². The monoisotopic (exact) mass is 261 g/mol. The number of hydrogen-bond acceptors (Lipinski definition) is 4. The molecular formula is C13H15N3O3. The number of anilines is 1. The Kier molecular flexibility index (Phi) is 4.02. The van der Waals surface area contributed by atoms with Crippen molar-refractivity contribution in [1.82, 2.24) is 10.2 Å². The summed E-state index contributed by atoms with van der Waals surface area (Å²) in [6.45, 7) is 1.68. The molecule has 6 nitrogen and oxygen atoms in total. The van der Waals surface area contributed by atoms with Crippen LogP contribution in [0.15, 0.2) is 36.7 Å². The van der Waals surface area contributed by atoms with Crippen molar-refractivity contribution in [3.63, 3.8) is 0 Å². The lowest BCUT2D eigenvalue weighted by Gasteiger charge is -2.14. The van der Waals surface area contributed by atoms with Crippen LogP contribution in [0.4, 0.5) is 5.69 Å². The Hall–Kier alpha value is -2.50. The molecule has 2 aromatic rings. The van der Waals surface area contributed by atoms with Crippen molar-refractivity contribution in [1.29, 1.82) is 0 Å². The highest BCUT2D eigenvalue weighted by atomic mass is 16.5. The van der Waals surface area contributed by atoms with Gasteiger partial charge < -0.3 is 14.8 Å². The number of H-pyrrole nitrogens is 1. The van der Waals surface area contributed by atoms with E-state index in [1.165, 1.54) is 6.20 Å². The molecule has 0 fully saturated rings. The zero-order valence-electron chi connectivity index (χ0n) is 10.7. The second-order valence-corrected chi connectivity index (χ2v) is 3.91. The Morgan fingerprint density at radius 2 is 2.00 bits per heavy atom. The van der Waals surface area contributed by atoms with Gasteiger partial charge in [-0.25, -0.2) is 0 Å². The first-order chi connectivity index (χ1) is 9.19. The van der Waals surface area contributed by atoms with Crippen molar-refractivity contribution in [3.05, 3.63) is 36.7 Å². The third-order valence-electron chi connectivity index (χ3n) is 2.51.